The molecule has 1 aliphatic heterocycles. The maximum Gasteiger partial charge on any atom is 0.0421 e. The molecule has 0 radical (unpaired) electrons. The SMILES string of the molecule is C/C=C/SC1CC(C)(C)N(O)C(C)(C)C1. The lowest BCUT2D eigenvalue weighted by atomic mass is 9.82. The van der Waals surface area contributed by atoms with Gasteiger partial charge in [0.15, 0.2) is 0 Å². The summed E-state index contributed by atoms with van der Waals surface area (Å²) in [7, 11) is 0. The second-order valence-electron chi connectivity index (χ2n) is 5.57. The van der Waals surface area contributed by atoms with E-state index in [2.05, 4.69) is 39.2 Å². The van der Waals surface area contributed by atoms with Gasteiger partial charge >= 0.3 is 0 Å². The molecule has 0 unspecified atom stereocenters. The van der Waals surface area contributed by atoms with Crippen molar-refractivity contribution in [1.29, 1.82) is 0 Å². The monoisotopic (exact) mass is 229 g/mol. The van der Waals surface area contributed by atoms with E-state index >= 15 is 0 Å². The van der Waals surface area contributed by atoms with Gasteiger partial charge in [-0.25, -0.2) is 0 Å². The van der Waals surface area contributed by atoms with Crippen molar-refractivity contribution < 1.29 is 5.21 Å². The van der Waals surface area contributed by atoms with Gasteiger partial charge in [-0.2, -0.15) is 5.06 Å². The van der Waals surface area contributed by atoms with E-state index in [4.69, 9.17) is 0 Å². The predicted molar refractivity (Wildman–Crippen MR) is 67.2 cm³/mol. The number of nitrogens with zero attached hydrogens (tertiary/aromatic N) is 1. The molecule has 88 valence electrons. The van der Waals surface area contributed by atoms with Gasteiger partial charge in [0, 0.05) is 16.3 Å². The van der Waals surface area contributed by atoms with Crippen LogP contribution in [0.15, 0.2) is 11.5 Å². The zero-order chi connectivity index (χ0) is 11.7. The van der Waals surface area contributed by atoms with Crippen molar-refractivity contribution in [2.45, 2.75) is 63.8 Å². The van der Waals surface area contributed by atoms with E-state index in [9.17, 15) is 5.21 Å². The molecule has 15 heavy (non-hydrogen) atoms. The van der Waals surface area contributed by atoms with E-state index in [0.29, 0.717) is 5.25 Å². The highest BCUT2D eigenvalue weighted by Crippen LogP contribution is 2.41. The van der Waals surface area contributed by atoms with Crippen molar-refractivity contribution >= 4 is 11.8 Å². The van der Waals surface area contributed by atoms with Crippen LogP contribution in [0.2, 0.25) is 0 Å². The lowest BCUT2D eigenvalue weighted by Gasteiger charge is -2.51. The Morgan fingerprint density at radius 2 is 1.67 bits per heavy atom. The maximum atomic E-state index is 10.1. The summed E-state index contributed by atoms with van der Waals surface area (Å²) in [6, 6.07) is 0. The van der Waals surface area contributed by atoms with Gasteiger partial charge in [0.2, 0.25) is 0 Å². The fourth-order valence-corrected chi connectivity index (χ4v) is 3.85. The third-order valence-corrected chi connectivity index (χ3v) is 4.16. The highest BCUT2D eigenvalue weighted by molar-refractivity contribution is 8.02. The Balaban J connectivity index is 2.75. The van der Waals surface area contributed by atoms with Crippen molar-refractivity contribution in [3.63, 3.8) is 0 Å². The number of piperidine rings is 1. The summed E-state index contributed by atoms with van der Waals surface area (Å²) < 4.78 is 0. The molecular formula is C12H23NOS. The number of thioether (sulfide) groups is 1. The largest absolute Gasteiger partial charge is 0.313 e. The molecule has 0 atom stereocenters. The van der Waals surface area contributed by atoms with Gasteiger partial charge in [0.05, 0.1) is 0 Å². The molecule has 0 aromatic heterocycles. The molecule has 1 aliphatic rings. The van der Waals surface area contributed by atoms with Gasteiger partial charge in [-0.15, -0.1) is 11.8 Å². The average molecular weight is 229 g/mol. The lowest BCUT2D eigenvalue weighted by molar-refractivity contribution is -0.240. The minimum atomic E-state index is -0.124. The van der Waals surface area contributed by atoms with Crippen LogP contribution in [0.5, 0.6) is 0 Å². The average Bonchev–Trinajstić information content (AvgIpc) is 2.10. The Hall–Kier alpha value is 0.01000. The van der Waals surface area contributed by atoms with Crippen molar-refractivity contribution in [2.75, 3.05) is 0 Å². The summed E-state index contributed by atoms with van der Waals surface area (Å²) >= 11 is 1.89. The Kier molecular flexibility index (Phi) is 3.90. The summed E-state index contributed by atoms with van der Waals surface area (Å²) in [6.45, 7) is 10.5. The third-order valence-electron chi connectivity index (χ3n) is 3.01. The van der Waals surface area contributed by atoms with E-state index in [-0.39, 0.29) is 11.1 Å². The molecule has 0 saturated carbocycles. The molecule has 1 N–H and O–H groups in total. The molecule has 0 aliphatic carbocycles. The summed E-state index contributed by atoms with van der Waals surface area (Å²) in [4.78, 5) is 0. The number of hydrogen-bond donors (Lipinski definition) is 1. The van der Waals surface area contributed by atoms with E-state index in [1.54, 1.807) is 0 Å². The van der Waals surface area contributed by atoms with Crippen LogP contribution in [-0.2, 0) is 0 Å². The first kappa shape index (κ1) is 13.1. The van der Waals surface area contributed by atoms with Gasteiger partial charge in [-0.05, 0) is 52.9 Å². The van der Waals surface area contributed by atoms with Gasteiger partial charge in [0.25, 0.3) is 0 Å². The Bertz CT molecular complexity index is 230. The Morgan fingerprint density at radius 1 is 1.20 bits per heavy atom. The first-order valence-electron chi connectivity index (χ1n) is 5.55. The van der Waals surface area contributed by atoms with Crippen LogP contribution in [0.1, 0.15) is 47.5 Å². The van der Waals surface area contributed by atoms with Gasteiger partial charge < -0.3 is 5.21 Å². The Morgan fingerprint density at radius 3 is 2.07 bits per heavy atom. The van der Waals surface area contributed by atoms with Crippen molar-refractivity contribution in [3.05, 3.63) is 11.5 Å². The van der Waals surface area contributed by atoms with Crippen LogP contribution in [-0.4, -0.2) is 26.6 Å². The number of hydrogen-bond acceptors (Lipinski definition) is 3. The quantitative estimate of drug-likeness (QED) is 0.781. The molecule has 2 nitrogen and oxygen atoms in total. The normalized spacial score (nSPS) is 27.3. The lowest BCUT2D eigenvalue weighted by Crippen LogP contribution is -2.59. The minimum absolute atomic E-state index is 0.124. The zero-order valence-electron chi connectivity index (χ0n) is 10.4. The number of rotatable bonds is 2. The maximum absolute atomic E-state index is 10.1. The van der Waals surface area contributed by atoms with Crippen LogP contribution in [0.3, 0.4) is 0 Å². The first-order valence-corrected chi connectivity index (χ1v) is 6.50. The molecule has 0 aromatic carbocycles. The second-order valence-corrected chi connectivity index (χ2v) is 6.78. The van der Waals surface area contributed by atoms with Crippen LogP contribution in [0, 0.1) is 0 Å². The smallest absolute Gasteiger partial charge is 0.0421 e. The van der Waals surface area contributed by atoms with E-state index < -0.39 is 0 Å². The number of hydroxylamine groups is 2. The van der Waals surface area contributed by atoms with Gasteiger partial charge in [-0.3, -0.25) is 0 Å². The third kappa shape index (κ3) is 2.99. The Labute approximate surface area is 97.7 Å². The van der Waals surface area contributed by atoms with E-state index in [0.717, 1.165) is 12.8 Å². The zero-order valence-corrected chi connectivity index (χ0v) is 11.3. The molecular weight excluding hydrogens is 206 g/mol. The molecule has 1 heterocycles. The highest BCUT2D eigenvalue weighted by atomic mass is 32.2. The molecule has 1 saturated heterocycles. The summed E-state index contributed by atoms with van der Waals surface area (Å²) in [5.74, 6) is 0. The fraction of sp³-hybridized carbons (Fsp3) is 0.833. The standard InChI is InChI=1S/C12H23NOS/c1-6-7-15-10-8-11(2,3)13(14)12(4,5)9-10/h6-7,10,14H,8-9H2,1-5H3/b7-6+. The molecule has 3 heteroatoms. The topological polar surface area (TPSA) is 23.5 Å². The first-order chi connectivity index (χ1) is 6.79. The van der Waals surface area contributed by atoms with E-state index in [1.807, 2.05) is 18.7 Å². The van der Waals surface area contributed by atoms with Crippen LogP contribution in [0.4, 0.5) is 0 Å². The second kappa shape index (κ2) is 4.48. The van der Waals surface area contributed by atoms with Crippen molar-refractivity contribution in [3.8, 4) is 0 Å². The van der Waals surface area contributed by atoms with Crippen LogP contribution in [0.25, 0.3) is 0 Å². The molecule has 0 bridgehead atoms. The molecule has 0 amide bonds. The fourth-order valence-electron chi connectivity index (χ4n) is 2.46. The van der Waals surface area contributed by atoms with Crippen LogP contribution < -0.4 is 0 Å². The summed E-state index contributed by atoms with van der Waals surface area (Å²) in [5, 5.41) is 14.4. The predicted octanol–water partition coefficient (Wildman–Crippen LogP) is 3.66. The highest BCUT2D eigenvalue weighted by Gasteiger charge is 2.44. The van der Waals surface area contributed by atoms with Crippen molar-refractivity contribution in [1.82, 2.24) is 5.06 Å². The van der Waals surface area contributed by atoms with E-state index in [1.165, 1.54) is 5.06 Å². The minimum Gasteiger partial charge on any atom is -0.313 e. The number of allylic oxidation sites excluding steroid dienone is 1. The molecule has 1 rings (SSSR count). The molecule has 0 spiro atoms. The van der Waals surface area contributed by atoms with Crippen molar-refractivity contribution in [2.24, 2.45) is 0 Å². The summed E-state index contributed by atoms with van der Waals surface area (Å²) in [5.41, 5.74) is -0.248. The summed E-state index contributed by atoms with van der Waals surface area (Å²) in [6.07, 6.45) is 4.14. The molecule has 1 fully saturated rings. The van der Waals surface area contributed by atoms with Crippen LogP contribution >= 0.6 is 11.8 Å². The molecule has 0 aromatic rings. The van der Waals surface area contributed by atoms with Gasteiger partial charge in [-0.1, -0.05) is 6.08 Å². The van der Waals surface area contributed by atoms with Gasteiger partial charge in [0.1, 0.15) is 0 Å².